The Morgan fingerprint density at radius 2 is 1.90 bits per heavy atom. The van der Waals surface area contributed by atoms with E-state index in [4.69, 9.17) is 27.9 Å². The van der Waals surface area contributed by atoms with Gasteiger partial charge in [0.25, 0.3) is 0 Å². The summed E-state index contributed by atoms with van der Waals surface area (Å²) in [4.78, 5) is 16.0. The van der Waals surface area contributed by atoms with Crippen molar-refractivity contribution in [2.75, 3.05) is 6.61 Å². The van der Waals surface area contributed by atoms with E-state index in [0.717, 1.165) is 45.5 Å². The summed E-state index contributed by atoms with van der Waals surface area (Å²) in [5.41, 5.74) is 4.12. The second-order valence-electron chi connectivity index (χ2n) is 11.4. The summed E-state index contributed by atoms with van der Waals surface area (Å²) in [5.74, 6) is -1.04. The first-order valence-corrected chi connectivity index (χ1v) is 15.3. The van der Waals surface area contributed by atoms with Crippen LogP contribution in [0.25, 0.3) is 22.4 Å². The molecule has 4 aromatic rings. The van der Waals surface area contributed by atoms with E-state index in [2.05, 4.69) is 11.1 Å². The second-order valence-corrected chi connectivity index (χ2v) is 13.4. The molecule has 0 saturated heterocycles. The molecule has 1 aliphatic carbocycles. The minimum absolute atomic E-state index is 0. The van der Waals surface area contributed by atoms with Crippen molar-refractivity contribution in [3.63, 3.8) is 0 Å². The van der Waals surface area contributed by atoms with Gasteiger partial charge in [0, 0.05) is 5.97 Å². The number of pyridine rings is 1. The van der Waals surface area contributed by atoms with Gasteiger partial charge in [0.05, 0.1) is 33.7 Å². The molecule has 2 aromatic heterocycles. The number of aliphatic carboxylic acids is 1. The molecule has 5 nitrogen and oxygen atoms in total. The van der Waals surface area contributed by atoms with Crippen LogP contribution in [0.5, 0.6) is 0 Å². The number of rotatable bonds is 12. The molecule has 9 heteroatoms. The molecule has 214 valence electrons. The Balaban J connectivity index is 0.00000405. The normalized spacial score (nSPS) is 15.1. The minimum atomic E-state index is -1.04. The van der Waals surface area contributed by atoms with Crippen LogP contribution < -0.4 is 34.7 Å². The molecule has 42 heavy (non-hydrogen) atoms. The number of halogens is 2. The van der Waals surface area contributed by atoms with Crippen molar-refractivity contribution in [2.24, 2.45) is 5.41 Å². The summed E-state index contributed by atoms with van der Waals surface area (Å²) >= 11 is 13.9. The van der Waals surface area contributed by atoms with E-state index in [1.165, 1.54) is 11.3 Å². The zero-order chi connectivity index (χ0) is 29.2. The van der Waals surface area contributed by atoms with Crippen LogP contribution >= 0.6 is 34.5 Å². The number of fused-ring (bicyclic) bond motifs is 1. The number of carboxylic acid groups (broad SMARTS) is 1. The Bertz CT molecular complexity index is 1590. The van der Waals surface area contributed by atoms with Gasteiger partial charge in [-0.1, -0.05) is 71.7 Å². The number of carbonyl (C=O) groups excluding carboxylic acids is 1. The van der Waals surface area contributed by atoms with Crippen LogP contribution in [0.4, 0.5) is 0 Å². The fraction of sp³-hybridized carbons (Fsp3) is 0.333. The third-order valence-corrected chi connectivity index (χ3v) is 9.54. The quantitative estimate of drug-likeness (QED) is 0.231. The number of nitrogens with zero attached hydrogens (tertiary/aromatic N) is 1. The van der Waals surface area contributed by atoms with Crippen molar-refractivity contribution >= 4 is 62.9 Å². The molecular weight excluding hydrogens is 600 g/mol. The standard InChI is InChI=1S/C33H33Cl2NO4S.Na/c1-32(2,39)25-9-4-3-7-22(25)11-14-26(40-20-33(16-17-33)19-28(37)38)23-8-5-6-21(18-23)10-12-24-13-15-27-30(36-24)29(34)31(35)41-27;/h3-10,12-13,15,18,26,39H,11,14,16-17,19-20H2,1-2H3,(H,37,38);/q;+1/p-1/t26-;/m1./s1. The summed E-state index contributed by atoms with van der Waals surface area (Å²) in [7, 11) is 0. The van der Waals surface area contributed by atoms with Crippen LogP contribution in [0.15, 0.2) is 60.7 Å². The second kappa shape index (κ2) is 13.9. The van der Waals surface area contributed by atoms with Crippen LogP contribution in [-0.4, -0.2) is 22.7 Å². The van der Waals surface area contributed by atoms with Crippen molar-refractivity contribution in [3.8, 4) is 0 Å². The molecule has 1 fully saturated rings. The molecule has 0 unspecified atom stereocenters. The molecule has 1 N–H and O–H groups in total. The predicted molar refractivity (Wildman–Crippen MR) is 165 cm³/mol. The van der Waals surface area contributed by atoms with Gasteiger partial charge >= 0.3 is 29.6 Å². The van der Waals surface area contributed by atoms with Crippen molar-refractivity contribution in [2.45, 2.75) is 57.7 Å². The molecule has 1 saturated carbocycles. The van der Waals surface area contributed by atoms with E-state index >= 15 is 0 Å². The number of carbonyl (C=O) groups is 1. The fourth-order valence-corrected chi connectivity index (χ4v) is 6.59. The van der Waals surface area contributed by atoms with Gasteiger partial charge in [-0.25, -0.2) is 4.98 Å². The summed E-state index contributed by atoms with van der Waals surface area (Å²) in [5, 5.41) is 22.5. The Morgan fingerprint density at radius 3 is 2.62 bits per heavy atom. The van der Waals surface area contributed by atoms with E-state index in [9.17, 15) is 15.0 Å². The van der Waals surface area contributed by atoms with E-state index in [1.54, 1.807) is 13.8 Å². The molecule has 0 radical (unpaired) electrons. The van der Waals surface area contributed by atoms with E-state index < -0.39 is 11.6 Å². The number of ether oxygens (including phenoxy) is 1. The predicted octanol–water partition coefficient (Wildman–Crippen LogP) is 4.62. The first kappa shape index (κ1) is 33.2. The van der Waals surface area contributed by atoms with Crippen molar-refractivity contribution in [3.05, 3.63) is 98.0 Å². The number of hydrogen-bond acceptors (Lipinski definition) is 6. The first-order valence-electron chi connectivity index (χ1n) is 13.7. The van der Waals surface area contributed by atoms with E-state index in [0.29, 0.717) is 34.3 Å². The van der Waals surface area contributed by atoms with Gasteiger partial charge in [-0.2, -0.15) is 0 Å². The number of hydrogen-bond donors (Lipinski definition) is 1. The molecule has 2 aromatic carbocycles. The number of benzene rings is 2. The zero-order valence-electron chi connectivity index (χ0n) is 24.0. The molecule has 2 heterocycles. The molecule has 1 aliphatic rings. The molecule has 0 spiro atoms. The van der Waals surface area contributed by atoms with Gasteiger partial charge in [0.2, 0.25) is 0 Å². The van der Waals surface area contributed by atoms with Crippen LogP contribution in [0.1, 0.15) is 73.6 Å². The molecule has 1 atom stereocenters. The van der Waals surface area contributed by atoms with E-state index in [1.807, 2.05) is 66.7 Å². The maximum Gasteiger partial charge on any atom is 1.00 e. The number of carboxylic acids is 1. The number of aliphatic hydroxyl groups is 1. The summed E-state index contributed by atoms with van der Waals surface area (Å²) < 4.78 is 7.95. The average Bonchev–Trinajstić information content (AvgIpc) is 3.63. The average molecular weight is 633 g/mol. The molecule has 5 rings (SSSR count). The smallest absolute Gasteiger partial charge is 0.550 e. The van der Waals surface area contributed by atoms with Gasteiger partial charge in [0.1, 0.15) is 9.85 Å². The Labute approximate surface area is 282 Å². The van der Waals surface area contributed by atoms with Crippen molar-refractivity contribution in [1.82, 2.24) is 4.98 Å². The molecule has 0 bridgehead atoms. The Kier molecular flexibility index (Phi) is 11.0. The van der Waals surface area contributed by atoms with Crippen LogP contribution in [-0.2, 0) is 21.6 Å². The summed E-state index contributed by atoms with van der Waals surface area (Å²) in [6.45, 7) is 3.95. The summed E-state index contributed by atoms with van der Waals surface area (Å²) in [6, 6.07) is 20.0. The Morgan fingerprint density at radius 1 is 1.14 bits per heavy atom. The minimum Gasteiger partial charge on any atom is -0.550 e. The van der Waals surface area contributed by atoms with Gasteiger partial charge < -0.3 is 19.7 Å². The SMILES string of the molecule is CC(C)(O)c1ccccc1CC[C@@H](OCC1(CC(=O)[O-])CC1)c1cccc(C=Cc2ccc3sc(Cl)c(Cl)c3n2)c1.[Na+]. The summed E-state index contributed by atoms with van der Waals surface area (Å²) in [6.07, 6.45) is 6.74. The van der Waals surface area contributed by atoms with Crippen molar-refractivity contribution < 1.29 is 49.3 Å². The molecule has 0 amide bonds. The molecular formula is C33H32Cl2NNaO4S. The van der Waals surface area contributed by atoms with Gasteiger partial charge in [-0.05, 0) is 97.9 Å². The third-order valence-electron chi connectivity index (χ3n) is 7.61. The number of aromatic nitrogens is 1. The maximum absolute atomic E-state index is 11.3. The fourth-order valence-electron chi connectivity index (χ4n) is 5.17. The number of thiophene rings is 1. The largest absolute Gasteiger partial charge is 1.00 e. The Hall–Kier alpha value is -1.74. The molecule has 0 aliphatic heterocycles. The van der Waals surface area contributed by atoms with E-state index in [-0.39, 0.29) is 47.5 Å². The zero-order valence-corrected chi connectivity index (χ0v) is 28.4. The van der Waals surface area contributed by atoms with Gasteiger partial charge in [-0.15, -0.1) is 11.3 Å². The van der Waals surface area contributed by atoms with Crippen LogP contribution in [0.2, 0.25) is 9.36 Å². The van der Waals surface area contributed by atoms with Crippen molar-refractivity contribution in [1.29, 1.82) is 0 Å². The third kappa shape index (κ3) is 8.25. The van der Waals surface area contributed by atoms with Crippen LogP contribution in [0, 0.1) is 5.41 Å². The maximum atomic E-state index is 11.3. The van der Waals surface area contributed by atoms with Crippen LogP contribution in [0.3, 0.4) is 0 Å². The first-order chi connectivity index (χ1) is 19.5. The topological polar surface area (TPSA) is 82.5 Å². The van der Waals surface area contributed by atoms with Gasteiger partial charge in [0.15, 0.2) is 0 Å². The monoisotopic (exact) mass is 631 g/mol. The van der Waals surface area contributed by atoms with Gasteiger partial charge in [-0.3, -0.25) is 0 Å². The number of aryl methyl sites for hydroxylation is 1.